The van der Waals surface area contributed by atoms with Crippen LogP contribution in [0.25, 0.3) is 110 Å². The number of benzene rings is 10. The quantitative estimate of drug-likeness (QED) is 0.161. The first-order chi connectivity index (χ1) is 34.6. The lowest BCUT2D eigenvalue weighted by atomic mass is 9.70. The van der Waals surface area contributed by atoms with E-state index in [0.29, 0.717) is 0 Å². The highest BCUT2D eigenvalue weighted by molar-refractivity contribution is 6.20. The van der Waals surface area contributed by atoms with E-state index in [1.54, 1.807) is 0 Å². The monoisotopic (exact) mass is 890 g/mol. The van der Waals surface area contributed by atoms with Gasteiger partial charge in [-0.05, 0) is 117 Å². The predicted octanol–water partition coefficient (Wildman–Crippen LogP) is 17.3. The summed E-state index contributed by atoms with van der Waals surface area (Å²) < 4.78 is 9.32. The molecule has 0 fully saturated rings. The summed E-state index contributed by atoms with van der Waals surface area (Å²) in [5.74, 6) is 0.761. The highest BCUT2D eigenvalue weighted by Gasteiger charge is 2.52. The molecule has 1 spiro atoms. The zero-order valence-electron chi connectivity index (χ0n) is 38.4. The summed E-state index contributed by atoms with van der Waals surface area (Å²) in [4.78, 5) is 5.53. The van der Waals surface area contributed by atoms with Gasteiger partial charge in [0.15, 0.2) is 0 Å². The van der Waals surface area contributed by atoms with Gasteiger partial charge in [-0.15, -0.1) is 0 Å². The highest BCUT2D eigenvalue weighted by Crippen LogP contribution is 2.64. The summed E-state index contributed by atoms with van der Waals surface area (Å²) in [5.41, 5.74) is 22.4. The van der Waals surface area contributed by atoms with Crippen LogP contribution in [0.3, 0.4) is 0 Å². The van der Waals surface area contributed by atoms with Gasteiger partial charge in [-0.25, -0.2) is 4.98 Å². The van der Waals surface area contributed by atoms with Crippen molar-refractivity contribution in [2.45, 2.75) is 12.3 Å². The standard InChI is InChI=1S/C67H42N2O/c1-40-37-53-47-25-10-16-33-59(47)69(44-21-4-3-5-22-44)60(53)39-52(40)63-50-28-11-17-34-61(50)70-66(63)41(2)42-19-18-20-43(38-42)65-51-35-36-57-64(62(51)49-27-9-15-32-58(49)68-65)48-26-8-14-31-56(48)67(57)54-29-12-6-23-45(54)46-24-7-13-30-55(46)67/h3-39H,2H2,1H3. The third-order valence-electron chi connectivity index (χ3n) is 15.5. The molecule has 15 rings (SSSR count). The maximum absolute atomic E-state index is 6.94. The molecule has 3 heterocycles. The van der Waals surface area contributed by atoms with E-state index in [4.69, 9.17) is 16.0 Å². The SMILES string of the molecule is C=C(c1cccc(-c2nc3ccccc3c3c4c(ccc23)C2(c3ccccc3-c3ccccc32)c2ccccc2-4)c1)c1oc2ccccc2c1-c1cc2c(cc1C)c1ccccc1n2-c1ccccc1. The molecular formula is C67H42N2O. The second-order valence-corrected chi connectivity index (χ2v) is 19.0. The first-order valence-corrected chi connectivity index (χ1v) is 24.1. The van der Waals surface area contributed by atoms with Crippen molar-refractivity contribution in [3.05, 3.63) is 270 Å². The van der Waals surface area contributed by atoms with Gasteiger partial charge in [0.2, 0.25) is 0 Å². The summed E-state index contributed by atoms with van der Waals surface area (Å²) in [5, 5.41) is 7.00. The zero-order chi connectivity index (χ0) is 46.2. The molecular weight excluding hydrogens is 849 g/mol. The normalized spacial score (nSPS) is 13.1. The maximum Gasteiger partial charge on any atom is 0.143 e. The highest BCUT2D eigenvalue weighted by atomic mass is 16.3. The van der Waals surface area contributed by atoms with Gasteiger partial charge in [0.05, 0.1) is 27.7 Å². The van der Waals surface area contributed by atoms with Gasteiger partial charge >= 0.3 is 0 Å². The van der Waals surface area contributed by atoms with Gasteiger partial charge in [-0.3, -0.25) is 0 Å². The molecule has 2 aliphatic carbocycles. The summed E-state index contributed by atoms with van der Waals surface area (Å²) in [6.45, 7) is 7.06. The Kier molecular flexibility index (Phi) is 8.07. The molecule has 3 heteroatoms. The zero-order valence-corrected chi connectivity index (χ0v) is 38.4. The fourth-order valence-corrected chi connectivity index (χ4v) is 12.6. The van der Waals surface area contributed by atoms with Gasteiger partial charge in [0.1, 0.15) is 11.3 Å². The molecule has 13 aromatic rings. The first-order valence-electron chi connectivity index (χ1n) is 24.1. The van der Waals surface area contributed by atoms with Crippen molar-refractivity contribution in [2.75, 3.05) is 0 Å². The predicted molar refractivity (Wildman–Crippen MR) is 290 cm³/mol. The van der Waals surface area contributed by atoms with E-state index in [0.717, 1.165) is 77.7 Å². The Balaban J connectivity index is 0.931. The van der Waals surface area contributed by atoms with E-state index in [9.17, 15) is 0 Å². The van der Waals surface area contributed by atoms with Gasteiger partial charge in [0.25, 0.3) is 0 Å². The van der Waals surface area contributed by atoms with Gasteiger partial charge < -0.3 is 8.98 Å². The average molecular weight is 891 g/mol. The minimum atomic E-state index is -0.444. The molecule has 0 radical (unpaired) electrons. The van der Waals surface area contributed by atoms with Crippen LogP contribution in [0.15, 0.2) is 235 Å². The maximum atomic E-state index is 6.94. The van der Waals surface area contributed by atoms with Crippen molar-refractivity contribution in [2.24, 2.45) is 0 Å². The van der Waals surface area contributed by atoms with Crippen molar-refractivity contribution >= 4 is 60.0 Å². The number of fused-ring (bicyclic) bond motifs is 18. The molecule has 70 heavy (non-hydrogen) atoms. The van der Waals surface area contributed by atoms with E-state index >= 15 is 0 Å². The molecule has 0 saturated heterocycles. The number of aryl methyl sites for hydroxylation is 1. The minimum absolute atomic E-state index is 0.444. The Morgan fingerprint density at radius 2 is 1.11 bits per heavy atom. The Morgan fingerprint density at radius 3 is 1.90 bits per heavy atom. The number of hydrogen-bond donors (Lipinski definition) is 0. The third kappa shape index (κ3) is 5.16. The Bertz CT molecular complexity index is 4350. The van der Waals surface area contributed by atoms with Crippen LogP contribution < -0.4 is 0 Å². The number of hydrogen-bond acceptors (Lipinski definition) is 2. The van der Waals surface area contributed by atoms with Gasteiger partial charge in [-0.2, -0.15) is 0 Å². The van der Waals surface area contributed by atoms with Crippen molar-refractivity contribution < 1.29 is 4.42 Å². The summed E-state index contributed by atoms with van der Waals surface area (Å²) in [7, 11) is 0. The van der Waals surface area contributed by atoms with Gasteiger partial charge in [-0.1, -0.05) is 183 Å². The minimum Gasteiger partial charge on any atom is -0.455 e. The van der Waals surface area contributed by atoms with Crippen molar-refractivity contribution in [1.82, 2.24) is 9.55 Å². The van der Waals surface area contributed by atoms with Crippen LogP contribution in [-0.4, -0.2) is 9.55 Å². The number of rotatable bonds is 5. The van der Waals surface area contributed by atoms with Crippen LogP contribution in [-0.2, 0) is 5.41 Å². The van der Waals surface area contributed by atoms with Crippen LogP contribution >= 0.6 is 0 Å². The number of para-hydroxylation sites is 4. The largest absolute Gasteiger partial charge is 0.455 e. The Labute approximate surface area is 404 Å². The molecule has 3 nitrogen and oxygen atoms in total. The lowest BCUT2D eigenvalue weighted by molar-refractivity contribution is 0.602. The molecule has 2 aliphatic rings. The van der Waals surface area contributed by atoms with Crippen molar-refractivity contribution in [1.29, 1.82) is 0 Å². The lowest BCUT2D eigenvalue weighted by Gasteiger charge is -2.30. The Morgan fingerprint density at radius 1 is 0.471 bits per heavy atom. The van der Waals surface area contributed by atoms with E-state index in [2.05, 4.69) is 230 Å². The fraction of sp³-hybridized carbons (Fsp3) is 0.0299. The van der Waals surface area contributed by atoms with E-state index in [-0.39, 0.29) is 0 Å². The summed E-state index contributed by atoms with van der Waals surface area (Å²) >= 11 is 0. The topological polar surface area (TPSA) is 31.0 Å². The molecule has 326 valence electrons. The summed E-state index contributed by atoms with van der Waals surface area (Å²) in [6.07, 6.45) is 0. The third-order valence-corrected chi connectivity index (χ3v) is 15.5. The van der Waals surface area contributed by atoms with Crippen LogP contribution in [0.1, 0.15) is 39.1 Å². The molecule has 10 aromatic carbocycles. The number of nitrogens with zero attached hydrogens (tertiary/aromatic N) is 2. The smallest absolute Gasteiger partial charge is 0.143 e. The first kappa shape index (κ1) is 39.0. The van der Waals surface area contributed by atoms with Gasteiger partial charge in [0, 0.05) is 54.7 Å². The number of furan rings is 1. The summed E-state index contributed by atoms with van der Waals surface area (Å²) in [6, 6.07) is 81.7. The fourth-order valence-electron chi connectivity index (χ4n) is 12.6. The molecule has 0 saturated carbocycles. The second kappa shape index (κ2) is 14.5. The number of aromatic nitrogens is 2. The molecule has 0 atom stereocenters. The van der Waals surface area contributed by atoms with Crippen LogP contribution in [0.5, 0.6) is 0 Å². The second-order valence-electron chi connectivity index (χ2n) is 19.0. The lowest BCUT2D eigenvalue weighted by Crippen LogP contribution is -2.25. The molecule has 3 aromatic heterocycles. The average Bonchev–Trinajstić information content (AvgIpc) is 4.14. The van der Waals surface area contributed by atoms with E-state index in [1.807, 2.05) is 6.07 Å². The van der Waals surface area contributed by atoms with Crippen LogP contribution in [0, 0.1) is 6.92 Å². The van der Waals surface area contributed by atoms with Crippen molar-refractivity contribution in [3.63, 3.8) is 0 Å². The molecule has 0 unspecified atom stereocenters. The number of pyridine rings is 1. The van der Waals surface area contributed by atoms with Crippen molar-refractivity contribution in [3.8, 4) is 50.3 Å². The molecule has 0 aliphatic heterocycles. The molecule has 0 bridgehead atoms. The van der Waals surface area contributed by atoms with Crippen LogP contribution in [0.4, 0.5) is 0 Å². The van der Waals surface area contributed by atoms with Crippen LogP contribution in [0.2, 0.25) is 0 Å². The van der Waals surface area contributed by atoms with E-state index < -0.39 is 5.41 Å². The molecule has 0 N–H and O–H groups in total. The molecule has 0 amide bonds. The van der Waals surface area contributed by atoms with E-state index in [1.165, 1.54) is 71.7 Å². The Hall–Kier alpha value is -9.05.